The molecule has 0 bridgehead atoms. The lowest BCUT2D eigenvalue weighted by molar-refractivity contribution is 0.0288. The molecule has 0 saturated carbocycles. The third-order valence-corrected chi connectivity index (χ3v) is 4.94. The highest BCUT2D eigenvalue weighted by Gasteiger charge is 2.27. The van der Waals surface area contributed by atoms with Crippen LogP contribution in [0.3, 0.4) is 0 Å². The van der Waals surface area contributed by atoms with Gasteiger partial charge in [-0.25, -0.2) is 0 Å². The maximum absolute atomic E-state index is 6.31. The predicted molar refractivity (Wildman–Crippen MR) is 101 cm³/mol. The minimum absolute atomic E-state index is 0.00922. The molecule has 1 atom stereocenters. The molecule has 0 aliphatic carbocycles. The summed E-state index contributed by atoms with van der Waals surface area (Å²) in [5.74, 6) is 0. The number of benzene rings is 2. The summed E-state index contributed by atoms with van der Waals surface area (Å²) in [5.41, 5.74) is 4.74. The Morgan fingerprint density at radius 2 is 1.88 bits per heavy atom. The number of nitrogens with zero attached hydrogens (tertiary/aromatic N) is 2. The summed E-state index contributed by atoms with van der Waals surface area (Å²) >= 11 is 6.31. The zero-order chi connectivity index (χ0) is 17.2. The van der Waals surface area contributed by atoms with E-state index in [9.17, 15) is 0 Å². The molecule has 0 radical (unpaired) electrons. The molecule has 1 aliphatic heterocycles. The van der Waals surface area contributed by atoms with Gasteiger partial charge in [0, 0.05) is 31.0 Å². The summed E-state index contributed by atoms with van der Waals surface area (Å²) in [6, 6.07) is 18.7. The van der Waals surface area contributed by atoms with Gasteiger partial charge in [0.05, 0.1) is 17.3 Å². The number of hydrogen-bond acceptors (Lipinski definition) is 2. The standard InChI is InChI=1S/C21H21ClN2O/c1-16-6-8-17(9-7-16)14-24-12-13-25-21(24)18-10-11-23(15-18)20-5-3-2-4-19(20)22/h2-11,15,21H,12-14H2,1H3. The Bertz CT molecular complexity index is 856. The van der Waals surface area contributed by atoms with Crippen molar-refractivity contribution in [3.05, 3.63) is 88.7 Å². The number of para-hydroxylation sites is 1. The van der Waals surface area contributed by atoms with Gasteiger partial charge in [-0.3, -0.25) is 4.90 Å². The monoisotopic (exact) mass is 352 g/mol. The Labute approximate surface area is 153 Å². The molecule has 0 amide bonds. The molecule has 1 fully saturated rings. The lowest BCUT2D eigenvalue weighted by atomic mass is 10.1. The Morgan fingerprint density at radius 3 is 2.68 bits per heavy atom. The third kappa shape index (κ3) is 3.49. The van der Waals surface area contributed by atoms with Crippen molar-refractivity contribution in [3.63, 3.8) is 0 Å². The van der Waals surface area contributed by atoms with E-state index in [1.54, 1.807) is 0 Å². The SMILES string of the molecule is Cc1ccc(CN2CCOC2c2ccn(-c3ccccc3Cl)c2)cc1. The van der Waals surface area contributed by atoms with Crippen LogP contribution in [0.1, 0.15) is 22.9 Å². The second kappa shape index (κ2) is 7.04. The largest absolute Gasteiger partial charge is 0.357 e. The normalized spacial score (nSPS) is 17.9. The van der Waals surface area contributed by atoms with Gasteiger partial charge >= 0.3 is 0 Å². The molecule has 2 heterocycles. The van der Waals surface area contributed by atoms with Crippen LogP contribution < -0.4 is 0 Å². The van der Waals surface area contributed by atoms with Crippen molar-refractivity contribution >= 4 is 11.6 Å². The Hall–Kier alpha value is -2.07. The molecule has 0 N–H and O–H groups in total. The van der Waals surface area contributed by atoms with Crippen molar-refractivity contribution < 1.29 is 4.74 Å². The van der Waals surface area contributed by atoms with Crippen LogP contribution in [0.15, 0.2) is 67.0 Å². The minimum atomic E-state index is -0.00922. The van der Waals surface area contributed by atoms with E-state index in [0.29, 0.717) is 0 Å². The molecule has 2 aromatic carbocycles. The number of hydrogen-bond donors (Lipinski definition) is 0. The van der Waals surface area contributed by atoms with Crippen LogP contribution in [0, 0.1) is 6.92 Å². The van der Waals surface area contributed by atoms with Crippen molar-refractivity contribution in [3.8, 4) is 5.69 Å². The molecule has 3 nitrogen and oxygen atoms in total. The van der Waals surface area contributed by atoms with Gasteiger partial charge in [-0.1, -0.05) is 53.6 Å². The van der Waals surface area contributed by atoms with Crippen LogP contribution in [-0.2, 0) is 11.3 Å². The zero-order valence-corrected chi connectivity index (χ0v) is 15.0. The Balaban J connectivity index is 1.55. The highest BCUT2D eigenvalue weighted by molar-refractivity contribution is 6.32. The van der Waals surface area contributed by atoms with Crippen LogP contribution in [-0.4, -0.2) is 22.6 Å². The summed E-state index contributed by atoms with van der Waals surface area (Å²) < 4.78 is 8.07. The number of ether oxygens (including phenoxy) is 1. The average molecular weight is 353 g/mol. The number of aromatic nitrogens is 1. The van der Waals surface area contributed by atoms with E-state index < -0.39 is 0 Å². The van der Waals surface area contributed by atoms with Gasteiger partial charge in [0.2, 0.25) is 0 Å². The van der Waals surface area contributed by atoms with E-state index >= 15 is 0 Å². The Morgan fingerprint density at radius 1 is 1.08 bits per heavy atom. The molecule has 1 unspecified atom stereocenters. The first-order valence-corrected chi connectivity index (χ1v) is 8.92. The number of rotatable bonds is 4. The van der Waals surface area contributed by atoms with Crippen molar-refractivity contribution in [2.75, 3.05) is 13.2 Å². The number of halogens is 1. The summed E-state index contributed by atoms with van der Waals surface area (Å²) in [5, 5.41) is 0.744. The van der Waals surface area contributed by atoms with Crippen molar-refractivity contribution in [1.29, 1.82) is 0 Å². The molecule has 25 heavy (non-hydrogen) atoms. The quantitative estimate of drug-likeness (QED) is 0.659. The second-order valence-corrected chi connectivity index (χ2v) is 6.89. The molecule has 128 valence electrons. The smallest absolute Gasteiger partial charge is 0.138 e. The second-order valence-electron chi connectivity index (χ2n) is 6.48. The molecule has 0 spiro atoms. The first-order chi connectivity index (χ1) is 12.2. The van der Waals surface area contributed by atoms with E-state index in [0.717, 1.165) is 36.0 Å². The summed E-state index contributed by atoms with van der Waals surface area (Å²) in [6.45, 7) is 4.70. The highest BCUT2D eigenvalue weighted by Crippen LogP contribution is 2.30. The lowest BCUT2D eigenvalue weighted by Gasteiger charge is -2.22. The fourth-order valence-electron chi connectivity index (χ4n) is 3.27. The zero-order valence-electron chi connectivity index (χ0n) is 14.2. The maximum Gasteiger partial charge on any atom is 0.138 e. The maximum atomic E-state index is 6.31. The van der Waals surface area contributed by atoms with Crippen molar-refractivity contribution in [1.82, 2.24) is 9.47 Å². The van der Waals surface area contributed by atoms with Crippen LogP contribution in [0.5, 0.6) is 0 Å². The fourth-order valence-corrected chi connectivity index (χ4v) is 3.50. The van der Waals surface area contributed by atoms with Crippen LogP contribution >= 0.6 is 11.6 Å². The average Bonchev–Trinajstić information content (AvgIpc) is 3.26. The molecular weight excluding hydrogens is 332 g/mol. The fraction of sp³-hybridized carbons (Fsp3) is 0.238. The highest BCUT2D eigenvalue weighted by atomic mass is 35.5. The predicted octanol–water partition coefficient (Wildman–Crippen LogP) is 4.97. The minimum Gasteiger partial charge on any atom is -0.357 e. The topological polar surface area (TPSA) is 17.4 Å². The summed E-state index contributed by atoms with van der Waals surface area (Å²) in [6.07, 6.45) is 4.15. The van der Waals surface area contributed by atoms with Gasteiger partial charge in [-0.2, -0.15) is 0 Å². The molecular formula is C21H21ClN2O. The first-order valence-electron chi connectivity index (χ1n) is 8.55. The van der Waals surface area contributed by atoms with E-state index in [4.69, 9.17) is 16.3 Å². The molecule has 1 saturated heterocycles. The molecule has 3 aromatic rings. The molecule has 4 rings (SSSR count). The van der Waals surface area contributed by atoms with Gasteiger partial charge in [0.1, 0.15) is 6.23 Å². The van der Waals surface area contributed by atoms with Gasteiger partial charge < -0.3 is 9.30 Å². The van der Waals surface area contributed by atoms with E-state index in [2.05, 4.69) is 52.9 Å². The van der Waals surface area contributed by atoms with E-state index in [1.165, 1.54) is 11.1 Å². The molecule has 1 aromatic heterocycles. The lowest BCUT2D eigenvalue weighted by Crippen LogP contribution is -2.23. The van der Waals surface area contributed by atoms with Crippen LogP contribution in [0.4, 0.5) is 0 Å². The molecule has 1 aliphatic rings. The van der Waals surface area contributed by atoms with Gasteiger partial charge in [-0.05, 0) is 30.7 Å². The van der Waals surface area contributed by atoms with Gasteiger partial charge in [0.25, 0.3) is 0 Å². The van der Waals surface area contributed by atoms with E-state index in [-0.39, 0.29) is 6.23 Å². The first kappa shape index (κ1) is 16.4. The van der Waals surface area contributed by atoms with Gasteiger partial charge in [0.15, 0.2) is 0 Å². The van der Waals surface area contributed by atoms with E-state index in [1.807, 2.05) is 30.5 Å². The molecule has 4 heteroatoms. The Kier molecular flexibility index (Phi) is 4.62. The van der Waals surface area contributed by atoms with Crippen LogP contribution in [0.2, 0.25) is 5.02 Å². The third-order valence-electron chi connectivity index (χ3n) is 4.62. The van der Waals surface area contributed by atoms with Gasteiger partial charge in [-0.15, -0.1) is 0 Å². The summed E-state index contributed by atoms with van der Waals surface area (Å²) in [4.78, 5) is 2.37. The summed E-state index contributed by atoms with van der Waals surface area (Å²) in [7, 11) is 0. The van der Waals surface area contributed by atoms with Crippen LogP contribution in [0.25, 0.3) is 5.69 Å². The number of aryl methyl sites for hydroxylation is 1. The van der Waals surface area contributed by atoms with Crippen molar-refractivity contribution in [2.24, 2.45) is 0 Å². The van der Waals surface area contributed by atoms with Crippen molar-refractivity contribution in [2.45, 2.75) is 19.7 Å².